The monoisotopic (exact) mass is 380 g/mol. The van der Waals surface area contributed by atoms with Gasteiger partial charge in [0.1, 0.15) is 0 Å². The van der Waals surface area contributed by atoms with Crippen LogP contribution >= 0.6 is 15.9 Å². The van der Waals surface area contributed by atoms with Crippen LogP contribution in [0.15, 0.2) is 34.8 Å². The molecule has 0 heterocycles. The summed E-state index contributed by atoms with van der Waals surface area (Å²) in [5.74, 6) is 0. The van der Waals surface area contributed by atoms with Crippen LogP contribution in [0.4, 0.5) is 26.3 Å². The van der Waals surface area contributed by atoms with Crippen molar-refractivity contribution in [2.75, 3.05) is 0 Å². The van der Waals surface area contributed by atoms with Gasteiger partial charge in [-0.1, -0.05) is 28.1 Å². The van der Waals surface area contributed by atoms with Crippen molar-refractivity contribution in [1.29, 1.82) is 0 Å². The normalized spacial score (nSPS) is 14.0. The van der Waals surface area contributed by atoms with E-state index in [1.807, 2.05) is 0 Å². The molecule has 0 spiro atoms. The number of rotatable bonds is 0. The zero-order chi connectivity index (χ0) is 16.3. The largest absolute Gasteiger partial charge is 0.417 e. The van der Waals surface area contributed by atoms with Crippen LogP contribution in [0.5, 0.6) is 0 Å². The number of halogens is 7. The van der Waals surface area contributed by atoms with Gasteiger partial charge >= 0.3 is 12.4 Å². The van der Waals surface area contributed by atoms with Crippen LogP contribution in [0.1, 0.15) is 22.3 Å². The number of hydrogen-bond donors (Lipinski definition) is 0. The van der Waals surface area contributed by atoms with Crippen molar-refractivity contribution in [2.45, 2.75) is 18.8 Å². The lowest BCUT2D eigenvalue weighted by molar-refractivity contribution is -0.137. The molecule has 0 aliphatic heterocycles. The first-order chi connectivity index (χ1) is 10.1. The lowest BCUT2D eigenvalue weighted by Crippen LogP contribution is -2.08. The highest BCUT2D eigenvalue weighted by molar-refractivity contribution is 9.10. The SMILES string of the molecule is FC(F)(F)c1cc(Br)c2c(c1)-c1c(cccc1C(F)(F)F)C2. The molecule has 22 heavy (non-hydrogen) atoms. The van der Waals surface area contributed by atoms with Gasteiger partial charge in [-0.15, -0.1) is 0 Å². The smallest absolute Gasteiger partial charge is 0.166 e. The molecule has 0 atom stereocenters. The molecule has 0 nitrogen and oxygen atoms in total. The molecule has 1 aliphatic rings. The quantitative estimate of drug-likeness (QED) is 0.416. The molecule has 3 rings (SSSR count). The van der Waals surface area contributed by atoms with Gasteiger partial charge in [0, 0.05) is 4.47 Å². The van der Waals surface area contributed by atoms with E-state index in [1.165, 1.54) is 12.1 Å². The van der Waals surface area contributed by atoms with Crippen LogP contribution < -0.4 is 0 Å². The topological polar surface area (TPSA) is 0 Å². The third-order valence-corrected chi connectivity index (χ3v) is 4.32. The predicted molar refractivity (Wildman–Crippen MR) is 72.4 cm³/mol. The van der Waals surface area contributed by atoms with E-state index in [9.17, 15) is 26.3 Å². The van der Waals surface area contributed by atoms with Crippen molar-refractivity contribution in [2.24, 2.45) is 0 Å². The molecule has 0 N–H and O–H groups in total. The van der Waals surface area contributed by atoms with Gasteiger partial charge in [-0.3, -0.25) is 0 Å². The van der Waals surface area contributed by atoms with Crippen LogP contribution in [0.25, 0.3) is 11.1 Å². The zero-order valence-electron chi connectivity index (χ0n) is 10.7. The molecule has 0 aromatic heterocycles. The summed E-state index contributed by atoms with van der Waals surface area (Å²) < 4.78 is 78.3. The molecule has 116 valence electrons. The van der Waals surface area contributed by atoms with Crippen molar-refractivity contribution >= 4 is 15.9 Å². The number of alkyl halides is 6. The third-order valence-electron chi connectivity index (χ3n) is 3.62. The molecule has 0 bridgehead atoms. The second-order valence-electron chi connectivity index (χ2n) is 5.00. The minimum Gasteiger partial charge on any atom is -0.166 e. The second-order valence-corrected chi connectivity index (χ2v) is 5.85. The van der Waals surface area contributed by atoms with E-state index in [2.05, 4.69) is 15.9 Å². The van der Waals surface area contributed by atoms with Crippen LogP contribution in [-0.4, -0.2) is 0 Å². The maximum Gasteiger partial charge on any atom is 0.417 e. The summed E-state index contributed by atoms with van der Waals surface area (Å²) in [4.78, 5) is 0. The molecule has 0 saturated heterocycles. The van der Waals surface area contributed by atoms with Crippen LogP contribution in [0.2, 0.25) is 0 Å². The summed E-state index contributed by atoms with van der Waals surface area (Å²) in [6.07, 6.45) is -9.06. The summed E-state index contributed by atoms with van der Waals surface area (Å²) in [6.45, 7) is 0. The summed E-state index contributed by atoms with van der Waals surface area (Å²) >= 11 is 3.04. The van der Waals surface area contributed by atoms with Gasteiger partial charge in [0.15, 0.2) is 0 Å². The fraction of sp³-hybridized carbons (Fsp3) is 0.200. The van der Waals surface area contributed by atoms with Gasteiger partial charge in [0.05, 0.1) is 11.1 Å². The van der Waals surface area contributed by atoms with E-state index >= 15 is 0 Å². The van der Waals surface area contributed by atoms with Crippen molar-refractivity contribution in [3.05, 3.63) is 57.1 Å². The predicted octanol–water partition coefficient (Wildman–Crippen LogP) is 6.06. The Labute approximate surface area is 129 Å². The van der Waals surface area contributed by atoms with Crippen molar-refractivity contribution < 1.29 is 26.3 Å². The van der Waals surface area contributed by atoms with E-state index in [4.69, 9.17) is 0 Å². The van der Waals surface area contributed by atoms with Gasteiger partial charge in [-0.25, -0.2) is 0 Å². The highest BCUT2D eigenvalue weighted by Crippen LogP contribution is 2.48. The maximum absolute atomic E-state index is 13.1. The maximum atomic E-state index is 13.1. The van der Waals surface area contributed by atoms with Gasteiger partial charge in [-0.2, -0.15) is 26.3 Å². The Morgan fingerprint density at radius 3 is 2.18 bits per heavy atom. The summed E-state index contributed by atoms with van der Waals surface area (Å²) in [5, 5.41) is 0. The molecule has 0 amide bonds. The molecule has 0 fully saturated rings. The first kappa shape index (κ1) is 15.4. The molecular weight excluding hydrogens is 374 g/mol. The fourth-order valence-corrected chi connectivity index (χ4v) is 3.30. The van der Waals surface area contributed by atoms with Crippen LogP contribution in [0.3, 0.4) is 0 Å². The van der Waals surface area contributed by atoms with E-state index in [1.54, 1.807) is 0 Å². The van der Waals surface area contributed by atoms with Crippen molar-refractivity contribution in [3.8, 4) is 11.1 Å². The molecule has 0 radical (unpaired) electrons. The van der Waals surface area contributed by atoms with Gasteiger partial charge < -0.3 is 0 Å². The lowest BCUT2D eigenvalue weighted by Gasteiger charge is -2.14. The Morgan fingerprint density at radius 1 is 0.909 bits per heavy atom. The Kier molecular flexibility index (Phi) is 3.32. The minimum absolute atomic E-state index is 0.00961. The van der Waals surface area contributed by atoms with E-state index in [0.29, 0.717) is 11.1 Å². The molecule has 7 heteroatoms. The summed E-state index contributed by atoms with van der Waals surface area (Å²) in [6, 6.07) is 5.36. The molecule has 0 saturated carbocycles. The Hall–Kier alpha value is -1.50. The average molecular weight is 381 g/mol. The first-order valence-corrected chi connectivity index (χ1v) is 6.97. The minimum atomic E-state index is -4.62. The van der Waals surface area contributed by atoms with Crippen molar-refractivity contribution in [3.63, 3.8) is 0 Å². The molecule has 0 unspecified atom stereocenters. The van der Waals surface area contributed by atoms with E-state index < -0.39 is 23.5 Å². The Balaban J connectivity index is 2.31. The number of hydrogen-bond acceptors (Lipinski definition) is 0. The van der Waals surface area contributed by atoms with E-state index in [0.717, 1.165) is 18.2 Å². The molecule has 1 aliphatic carbocycles. The number of fused-ring (bicyclic) bond motifs is 3. The molecule has 2 aromatic carbocycles. The average Bonchev–Trinajstić information content (AvgIpc) is 2.75. The summed E-state index contributed by atoms with van der Waals surface area (Å²) in [5.41, 5.74) is -1.22. The fourth-order valence-electron chi connectivity index (χ4n) is 2.70. The Morgan fingerprint density at radius 2 is 1.59 bits per heavy atom. The van der Waals surface area contributed by atoms with E-state index in [-0.39, 0.29) is 22.0 Å². The first-order valence-electron chi connectivity index (χ1n) is 6.18. The standard InChI is InChI=1S/C15H7BrF6/c16-12-6-8(14(17,18)19)5-10-9(12)4-7-2-1-3-11(13(7)10)15(20,21)22/h1-3,5-6H,4H2. The van der Waals surface area contributed by atoms with Crippen LogP contribution in [0, 0.1) is 0 Å². The molecular formula is C15H7BrF6. The highest BCUT2D eigenvalue weighted by Gasteiger charge is 2.39. The highest BCUT2D eigenvalue weighted by atomic mass is 79.9. The number of benzene rings is 2. The molecule has 2 aromatic rings. The van der Waals surface area contributed by atoms with Gasteiger partial charge in [0.25, 0.3) is 0 Å². The third kappa shape index (κ3) is 2.41. The van der Waals surface area contributed by atoms with Gasteiger partial charge in [-0.05, 0) is 46.9 Å². The second kappa shape index (κ2) is 4.75. The lowest BCUT2D eigenvalue weighted by atomic mass is 9.97. The van der Waals surface area contributed by atoms with Crippen LogP contribution in [-0.2, 0) is 18.8 Å². The summed E-state index contributed by atoms with van der Waals surface area (Å²) in [7, 11) is 0. The zero-order valence-corrected chi connectivity index (χ0v) is 12.3. The van der Waals surface area contributed by atoms with Crippen molar-refractivity contribution in [1.82, 2.24) is 0 Å². The van der Waals surface area contributed by atoms with Gasteiger partial charge in [0.2, 0.25) is 0 Å². The Bertz CT molecular complexity index is 758.